The summed E-state index contributed by atoms with van der Waals surface area (Å²) in [5, 5.41) is 1.44. The molecule has 1 nitrogen and oxygen atoms in total. The van der Waals surface area contributed by atoms with Crippen molar-refractivity contribution in [2.24, 2.45) is 5.92 Å². The third-order valence-corrected chi connectivity index (χ3v) is 6.21. The number of H-pyrrole nitrogens is 1. The zero-order chi connectivity index (χ0) is 16.8. The van der Waals surface area contributed by atoms with Crippen molar-refractivity contribution >= 4 is 26.8 Å². The van der Waals surface area contributed by atoms with Crippen LogP contribution in [0.1, 0.15) is 82.4 Å². The Kier molecular flexibility index (Phi) is 6.83. The summed E-state index contributed by atoms with van der Waals surface area (Å²) >= 11 is 3.61. The molecule has 2 heteroatoms. The molecular weight excluding hydrogens is 358 g/mol. The molecule has 0 bridgehead atoms. The summed E-state index contributed by atoms with van der Waals surface area (Å²) in [5.74, 6) is 0.897. The molecule has 0 saturated heterocycles. The van der Waals surface area contributed by atoms with Gasteiger partial charge in [0.1, 0.15) is 0 Å². The summed E-state index contributed by atoms with van der Waals surface area (Å²) in [4.78, 5) is 3.68. The van der Waals surface area contributed by atoms with Crippen LogP contribution in [0.2, 0.25) is 0 Å². The molecule has 132 valence electrons. The Balaban J connectivity index is 1.42. The quantitative estimate of drug-likeness (QED) is 0.425. The molecule has 1 aliphatic rings. The van der Waals surface area contributed by atoms with Crippen molar-refractivity contribution in [3.63, 3.8) is 0 Å². The Morgan fingerprint density at radius 2 is 1.79 bits per heavy atom. The van der Waals surface area contributed by atoms with Gasteiger partial charge in [0.2, 0.25) is 0 Å². The lowest BCUT2D eigenvalue weighted by atomic mass is 9.84. The van der Waals surface area contributed by atoms with Gasteiger partial charge in [-0.1, -0.05) is 80.6 Å². The second kappa shape index (κ2) is 9.08. The van der Waals surface area contributed by atoms with E-state index in [1.54, 1.807) is 5.56 Å². The van der Waals surface area contributed by atoms with Crippen LogP contribution in [0.3, 0.4) is 0 Å². The fourth-order valence-corrected chi connectivity index (χ4v) is 4.65. The number of aromatic nitrogens is 1. The molecule has 1 unspecified atom stereocenters. The Morgan fingerprint density at radius 1 is 1.04 bits per heavy atom. The first kappa shape index (κ1) is 18.0. The standard InChI is InChI=1S/C22H32BrN/c1-2-3-4-5-6-7-8-9-10-17-11-13-19-20-16-18(23)12-14-21(20)24-22(19)15-17/h12,14,16-17,24H,2-11,13,15H2,1H3. The van der Waals surface area contributed by atoms with Gasteiger partial charge in [0.25, 0.3) is 0 Å². The van der Waals surface area contributed by atoms with Gasteiger partial charge in [-0.15, -0.1) is 0 Å². The zero-order valence-electron chi connectivity index (χ0n) is 15.2. The van der Waals surface area contributed by atoms with E-state index in [9.17, 15) is 0 Å². The normalized spacial score (nSPS) is 17.3. The maximum Gasteiger partial charge on any atom is 0.0459 e. The van der Waals surface area contributed by atoms with Crippen LogP contribution in [0.5, 0.6) is 0 Å². The SMILES string of the molecule is CCCCCCCCCCC1CCc2c([nH]c3ccc(Br)cc23)C1. The Hall–Kier alpha value is -0.760. The fraction of sp³-hybridized carbons (Fsp3) is 0.636. The van der Waals surface area contributed by atoms with Crippen LogP contribution in [-0.4, -0.2) is 4.98 Å². The van der Waals surface area contributed by atoms with E-state index < -0.39 is 0 Å². The lowest BCUT2D eigenvalue weighted by Crippen LogP contribution is -2.13. The van der Waals surface area contributed by atoms with Gasteiger partial charge in [-0.3, -0.25) is 0 Å². The van der Waals surface area contributed by atoms with Gasteiger partial charge < -0.3 is 4.98 Å². The minimum absolute atomic E-state index is 0.897. The van der Waals surface area contributed by atoms with Crippen molar-refractivity contribution in [3.05, 3.63) is 33.9 Å². The summed E-state index contributed by atoms with van der Waals surface area (Å²) in [6, 6.07) is 6.64. The van der Waals surface area contributed by atoms with E-state index in [1.165, 1.54) is 98.1 Å². The fourth-order valence-electron chi connectivity index (χ4n) is 4.29. The first-order valence-corrected chi connectivity index (χ1v) is 10.9. The third-order valence-electron chi connectivity index (χ3n) is 5.72. The number of fused-ring (bicyclic) bond motifs is 3. The second-order valence-electron chi connectivity index (χ2n) is 7.64. The predicted octanol–water partition coefficient (Wildman–Crippen LogP) is 7.57. The van der Waals surface area contributed by atoms with Crippen LogP contribution < -0.4 is 0 Å². The highest BCUT2D eigenvalue weighted by Gasteiger charge is 2.22. The number of unbranched alkanes of at least 4 members (excludes halogenated alkanes) is 7. The monoisotopic (exact) mass is 389 g/mol. The van der Waals surface area contributed by atoms with E-state index in [2.05, 4.69) is 46.0 Å². The van der Waals surface area contributed by atoms with Crippen LogP contribution in [-0.2, 0) is 12.8 Å². The molecule has 24 heavy (non-hydrogen) atoms. The molecular formula is C22H32BrN. The number of nitrogens with one attached hydrogen (secondary N) is 1. The number of hydrogen-bond acceptors (Lipinski definition) is 0. The molecule has 3 rings (SSSR count). The Labute approximate surface area is 155 Å². The maximum atomic E-state index is 3.68. The highest BCUT2D eigenvalue weighted by atomic mass is 79.9. The van der Waals surface area contributed by atoms with Crippen LogP contribution in [0.25, 0.3) is 10.9 Å². The molecule has 1 aromatic carbocycles. The van der Waals surface area contributed by atoms with Gasteiger partial charge in [-0.2, -0.15) is 0 Å². The summed E-state index contributed by atoms with van der Waals surface area (Å²) in [6.45, 7) is 2.29. The largest absolute Gasteiger partial charge is 0.358 e. The first-order chi connectivity index (χ1) is 11.8. The highest BCUT2D eigenvalue weighted by molar-refractivity contribution is 9.10. The van der Waals surface area contributed by atoms with Gasteiger partial charge in [0.05, 0.1) is 0 Å². The van der Waals surface area contributed by atoms with Gasteiger partial charge >= 0.3 is 0 Å². The van der Waals surface area contributed by atoms with Crippen molar-refractivity contribution < 1.29 is 0 Å². The van der Waals surface area contributed by atoms with Crippen molar-refractivity contribution in [2.45, 2.75) is 84.0 Å². The van der Waals surface area contributed by atoms with E-state index in [0.717, 1.165) is 5.92 Å². The average Bonchev–Trinajstić information content (AvgIpc) is 2.94. The highest BCUT2D eigenvalue weighted by Crippen LogP contribution is 2.34. The molecule has 1 aromatic heterocycles. The van der Waals surface area contributed by atoms with Crippen molar-refractivity contribution in [2.75, 3.05) is 0 Å². The number of benzene rings is 1. The van der Waals surface area contributed by atoms with Crippen molar-refractivity contribution in [3.8, 4) is 0 Å². The number of halogens is 1. The topological polar surface area (TPSA) is 15.8 Å². The molecule has 1 N–H and O–H groups in total. The molecule has 2 aromatic rings. The third kappa shape index (κ3) is 4.65. The Morgan fingerprint density at radius 3 is 2.58 bits per heavy atom. The van der Waals surface area contributed by atoms with Gasteiger partial charge in [-0.05, 0) is 48.9 Å². The molecule has 1 aliphatic carbocycles. The molecule has 0 fully saturated rings. The van der Waals surface area contributed by atoms with Crippen molar-refractivity contribution in [1.29, 1.82) is 0 Å². The minimum atomic E-state index is 0.897. The predicted molar refractivity (Wildman–Crippen MR) is 109 cm³/mol. The van der Waals surface area contributed by atoms with E-state index in [4.69, 9.17) is 0 Å². The van der Waals surface area contributed by atoms with E-state index in [1.807, 2.05) is 0 Å². The number of hydrogen-bond donors (Lipinski definition) is 1. The molecule has 0 amide bonds. The zero-order valence-corrected chi connectivity index (χ0v) is 16.8. The smallest absolute Gasteiger partial charge is 0.0459 e. The number of aryl methyl sites for hydroxylation is 1. The van der Waals surface area contributed by atoms with Crippen molar-refractivity contribution in [1.82, 2.24) is 4.98 Å². The van der Waals surface area contributed by atoms with Gasteiger partial charge in [0, 0.05) is 21.1 Å². The van der Waals surface area contributed by atoms with Crippen LogP contribution >= 0.6 is 15.9 Å². The summed E-state index contributed by atoms with van der Waals surface area (Å²) in [6.07, 6.45) is 16.8. The summed E-state index contributed by atoms with van der Waals surface area (Å²) in [7, 11) is 0. The molecule has 1 atom stereocenters. The number of rotatable bonds is 9. The number of aromatic amines is 1. The lowest BCUT2D eigenvalue weighted by molar-refractivity contribution is 0.401. The van der Waals surface area contributed by atoms with Gasteiger partial charge in [0.15, 0.2) is 0 Å². The lowest BCUT2D eigenvalue weighted by Gasteiger charge is -2.22. The van der Waals surface area contributed by atoms with E-state index in [-0.39, 0.29) is 0 Å². The van der Waals surface area contributed by atoms with Crippen LogP contribution in [0.15, 0.2) is 22.7 Å². The molecule has 0 spiro atoms. The van der Waals surface area contributed by atoms with E-state index in [0.29, 0.717) is 0 Å². The molecule has 1 heterocycles. The molecule has 0 radical (unpaired) electrons. The van der Waals surface area contributed by atoms with E-state index >= 15 is 0 Å². The summed E-state index contributed by atoms with van der Waals surface area (Å²) < 4.78 is 1.19. The molecule has 0 saturated carbocycles. The Bertz CT molecular complexity index is 643. The second-order valence-corrected chi connectivity index (χ2v) is 8.56. The maximum absolute atomic E-state index is 3.68. The molecule has 0 aliphatic heterocycles. The van der Waals surface area contributed by atoms with Gasteiger partial charge in [-0.25, -0.2) is 0 Å². The van der Waals surface area contributed by atoms with Crippen LogP contribution in [0.4, 0.5) is 0 Å². The average molecular weight is 390 g/mol. The summed E-state index contributed by atoms with van der Waals surface area (Å²) in [5.41, 5.74) is 4.41. The minimum Gasteiger partial charge on any atom is -0.358 e. The van der Waals surface area contributed by atoms with Crippen LogP contribution in [0, 0.1) is 5.92 Å². The first-order valence-electron chi connectivity index (χ1n) is 10.1.